The lowest BCUT2D eigenvalue weighted by atomic mass is 9.92. The first-order valence-corrected chi connectivity index (χ1v) is 6.94. The normalized spacial score (nSPS) is 16.5. The summed E-state index contributed by atoms with van der Waals surface area (Å²) in [5.41, 5.74) is 2.51. The summed E-state index contributed by atoms with van der Waals surface area (Å²) in [6, 6.07) is 17.3. The Balaban J connectivity index is 1.74. The van der Waals surface area contributed by atoms with Crippen molar-refractivity contribution in [1.29, 1.82) is 0 Å². The van der Waals surface area contributed by atoms with E-state index in [2.05, 4.69) is 4.98 Å². The number of fused-ring (bicyclic) bond motifs is 2. The number of ether oxygens (including phenoxy) is 1. The smallest absolute Gasteiger partial charge is 0.173 e. The minimum absolute atomic E-state index is 0.0903. The lowest BCUT2D eigenvalue weighted by molar-refractivity contribution is 0.0947. The van der Waals surface area contributed by atoms with Crippen molar-refractivity contribution in [2.75, 3.05) is 6.61 Å². The van der Waals surface area contributed by atoms with Gasteiger partial charge in [0.1, 0.15) is 12.4 Å². The molecule has 3 aromatic rings. The van der Waals surface area contributed by atoms with Crippen LogP contribution in [0.1, 0.15) is 21.8 Å². The highest BCUT2D eigenvalue weighted by molar-refractivity contribution is 6.04. The van der Waals surface area contributed by atoms with Gasteiger partial charge < -0.3 is 4.74 Å². The third-order valence-electron chi connectivity index (χ3n) is 3.91. The van der Waals surface area contributed by atoms with Gasteiger partial charge in [0, 0.05) is 22.7 Å². The van der Waals surface area contributed by atoms with E-state index < -0.39 is 0 Å². The summed E-state index contributed by atoms with van der Waals surface area (Å²) in [7, 11) is 0. The first-order valence-electron chi connectivity index (χ1n) is 6.94. The fourth-order valence-corrected chi connectivity index (χ4v) is 2.80. The largest absolute Gasteiger partial charge is 0.492 e. The molecule has 1 unspecified atom stereocenters. The molecule has 0 saturated carbocycles. The van der Waals surface area contributed by atoms with Gasteiger partial charge in [-0.2, -0.15) is 0 Å². The number of ketones is 1. The average Bonchev–Trinajstić information content (AvgIpc) is 2.98. The Hall–Kier alpha value is -2.68. The number of hydrogen-bond donors (Lipinski definition) is 0. The standard InChI is InChI=1S/C18H13NO2/c20-18(15-11-21-17-6-2-1-5-14(15)17)13-8-7-12-4-3-9-19-16(12)10-13/h1-10,15H,11H2. The van der Waals surface area contributed by atoms with Crippen molar-refractivity contribution in [3.8, 4) is 5.75 Å². The second kappa shape index (κ2) is 4.70. The fourth-order valence-electron chi connectivity index (χ4n) is 2.80. The van der Waals surface area contributed by atoms with E-state index in [1.165, 1.54) is 0 Å². The molecule has 1 atom stereocenters. The summed E-state index contributed by atoms with van der Waals surface area (Å²) in [6.45, 7) is 0.415. The molecule has 0 fully saturated rings. The maximum atomic E-state index is 12.7. The molecule has 21 heavy (non-hydrogen) atoms. The summed E-state index contributed by atoms with van der Waals surface area (Å²) in [5, 5.41) is 1.04. The van der Waals surface area contributed by atoms with Crippen LogP contribution in [-0.2, 0) is 0 Å². The van der Waals surface area contributed by atoms with Crippen LogP contribution in [0.4, 0.5) is 0 Å². The van der Waals surface area contributed by atoms with Gasteiger partial charge in [0.25, 0.3) is 0 Å². The summed E-state index contributed by atoms with van der Waals surface area (Å²) in [4.78, 5) is 17.1. The van der Waals surface area contributed by atoms with E-state index in [-0.39, 0.29) is 11.7 Å². The van der Waals surface area contributed by atoms with Crippen molar-refractivity contribution in [2.24, 2.45) is 0 Å². The maximum absolute atomic E-state index is 12.7. The molecule has 0 spiro atoms. The SMILES string of the molecule is O=C(c1ccc2cccnc2c1)C1COc2ccccc21. The Bertz CT molecular complexity index is 841. The number of aromatic nitrogens is 1. The summed E-state index contributed by atoms with van der Waals surface area (Å²) < 4.78 is 5.60. The number of benzene rings is 2. The van der Waals surface area contributed by atoms with Gasteiger partial charge in [0.05, 0.1) is 11.4 Å². The highest BCUT2D eigenvalue weighted by atomic mass is 16.5. The number of para-hydroxylation sites is 1. The zero-order chi connectivity index (χ0) is 14.2. The Morgan fingerprint density at radius 3 is 2.95 bits per heavy atom. The van der Waals surface area contributed by atoms with Crippen LogP contribution in [0.15, 0.2) is 60.8 Å². The van der Waals surface area contributed by atoms with E-state index in [4.69, 9.17) is 4.74 Å². The molecule has 0 aliphatic carbocycles. The molecule has 1 aromatic heterocycles. The molecule has 1 aliphatic heterocycles. The Morgan fingerprint density at radius 1 is 1.10 bits per heavy atom. The van der Waals surface area contributed by atoms with Gasteiger partial charge in [-0.25, -0.2) is 0 Å². The quantitative estimate of drug-likeness (QED) is 0.671. The molecule has 2 aromatic carbocycles. The molecule has 0 bridgehead atoms. The lowest BCUT2D eigenvalue weighted by Crippen LogP contribution is -2.14. The number of rotatable bonds is 2. The summed E-state index contributed by atoms with van der Waals surface area (Å²) >= 11 is 0. The Morgan fingerprint density at radius 2 is 2.00 bits per heavy atom. The van der Waals surface area contributed by atoms with Gasteiger partial charge in [0.15, 0.2) is 5.78 Å². The Labute approximate surface area is 122 Å². The van der Waals surface area contributed by atoms with Gasteiger partial charge in [-0.05, 0) is 18.2 Å². The Kier molecular flexibility index (Phi) is 2.71. The number of hydrogen-bond acceptors (Lipinski definition) is 3. The van der Waals surface area contributed by atoms with E-state index in [9.17, 15) is 4.79 Å². The second-order valence-electron chi connectivity index (χ2n) is 5.18. The van der Waals surface area contributed by atoms with Gasteiger partial charge >= 0.3 is 0 Å². The van der Waals surface area contributed by atoms with Crippen molar-refractivity contribution in [3.05, 3.63) is 71.9 Å². The molecule has 0 N–H and O–H groups in total. The van der Waals surface area contributed by atoms with E-state index in [0.29, 0.717) is 12.2 Å². The molecule has 3 nitrogen and oxygen atoms in total. The van der Waals surface area contributed by atoms with Crippen molar-refractivity contribution < 1.29 is 9.53 Å². The molecule has 0 saturated heterocycles. The van der Waals surface area contributed by atoms with Gasteiger partial charge in [-0.3, -0.25) is 9.78 Å². The second-order valence-corrected chi connectivity index (χ2v) is 5.18. The van der Waals surface area contributed by atoms with Crippen LogP contribution in [0.25, 0.3) is 10.9 Å². The minimum atomic E-state index is -0.220. The average molecular weight is 275 g/mol. The number of Topliss-reactive ketones (excluding diaryl/α,β-unsaturated/α-hetero) is 1. The van der Waals surface area contributed by atoms with Crippen LogP contribution in [-0.4, -0.2) is 17.4 Å². The van der Waals surface area contributed by atoms with Gasteiger partial charge in [-0.1, -0.05) is 36.4 Å². The molecule has 0 amide bonds. The number of carbonyl (C=O) groups excluding carboxylic acids is 1. The van der Waals surface area contributed by atoms with Crippen LogP contribution in [0.5, 0.6) is 5.75 Å². The predicted octanol–water partition coefficient (Wildman–Crippen LogP) is 3.59. The first-order chi connectivity index (χ1) is 10.3. The molecule has 102 valence electrons. The molecular weight excluding hydrogens is 262 g/mol. The van der Waals surface area contributed by atoms with Crippen molar-refractivity contribution in [1.82, 2.24) is 4.98 Å². The molecule has 1 aliphatic rings. The highest BCUT2D eigenvalue weighted by Crippen LogP contribution is 2.35. The van der Waals surface area contributed by atoms with Crippen LogP contribution in [0.2, 0.25) is 0 Å². The zero-order valence-electron chi connectivity index (χ0n) is 11.3. The fraction of sp³-hybridized carbons (Fsp3) is 0.111. The third-order valence-corrected chi connectivity index (χ3v) is 3.91. The molecule has 4 rings (SSSR count). The van der Waals surface area contributed by atoms with Crippen LogP contribution in [0, 0.1) is 0 Å². The monoisotopic (exact) mass is 275 g/mol. The van der Waals surface area contributed by atoms with E-state index >= 15 is 0 Å². The maximum Gasteiger partial charge on any atom is 0.173 e. The molecule has 0 radical (unpaired) electrons. The highest BCUT2D eigenvalue weighted by Gasteiger charge is 2.30. The van der Waals surface area contributed by atoms with E-state index in [1.807, 2.05) is 54.6 Å². The van der Waals surface area contributed by atoms with Crippen LogP contribution in [0.3, 0.4) is 0 Å². The minimum Gasteiger partial charge on any atom is -0.492 e. The summed E-state index contributed by atoms with van der Waals surface area (Å²) in [6.07, 6.45) is 1.74. The van der Waals surface area contributed by atoms with Crippen molar-refractivity contribution in [3.63, 3.8) is 0 Å². The zero-order valence-corrected chi connectivity index (χ0v) is 11.3. The first kappa shape index (κ1) is 12.1. The molecule has 2 heterocycles. The predicted molar refractivity (Wildman–Crippen MR) is 80.8 cm³/mol. The number of nitrogens with zero attached hydrogens (tertiary/aromatic N) is 1. The van der Waals surface area contributed by atoms with Gasteiger partial charge in [-0.15, -0.1) is 0 Å². The summed E-state index contributed by atoms with van der Waals surface area (Å²) in [5.74, 6) is 0.685. The van der Waals surface area contributed by atoms with Crippen molar-refractivity contribution >= 4 is 16.7 Å². The van der Waals surface area contributed by atoms with Crippen LogP contribution >= 0.6 is 0 Å². The van der Waals surface area contributed by atoms with E-state index in [1.54, 1.807) is 6.20 Å². The molecular formula is C18H13NO2. The van der Waals surface area contributed by atoms with Gasteiger partial charge in [0.2, 0.25) is 0 Å². The molecule has 3 heteroatoms. The van der Waals surface area contributed by atoms with Crippen LogP contribution < -0.4 is 4.74 Å². The van der Waals surface area contributed by atoms with E-state index in [0.717, 1.165) is 22.2 Å². The number of pyridine rings is 1. The number of carbonyl (C=O) groups is 1. The lowest BCUT2D eigenvalue weighted by Gasteiger charge is -2.08. The van der Waals surface area contributed by atoms with Crippen molar-refractivity contribution in [2.45, 2.75) is 5.92 Å². The third kappa shape index (κ3) is 1.98. The topological polar surface area (TPSA) is 39.2 Å².